The Morgan fingerprint density at radius 1 is 1.24 bits per heavy atom. The third kappa shape index (κ3) is 6.20. The maximum absolute atomic E-state index is 10.3. The normalized spacial score (nSPS) is 10.5. The van der Waals surface area contributed by atoms with Gasteiger partial charge in [0.15, 0.2) is 0 Å². The van der Waals surface area contributed by atoms with E-state index in [-0.39, 0.29) is 6.42 Å². The van der Waals surface area contributed by atoms with Crippen molar-refractivity contribution in [2.45, 2.75) is 30.6 Å². The molecule has 1 aromatic carbocycles. The highest BCUT2D eigenvalue weighted by atomic mass is 35.5. The van der Waals surface area contributed by atoms with Gasteiger partial charge in [0.2, 0.25) is 0 Å². The molecule has 2 nitrogen and oxygen atoms in total. The second-order valence-electron chi connectivity index (χ2n) is 3.63. The molecule has 0 fully saturated rings. The van der Waals surface area contributed by atoms with Crippen molar-refractivity contribution in [2.24, 2.45) is 0 Å². The minimum Gasteiger partial charge on any atom is -0.481 e. The molecule has 0 aromatic heterocycles. The van der Waals surface area contributed by atoms with E-state index in [1.54, 1.807) is 23.9 Å². The number of hydrogen-bond acceptors (Lipinski definition) is 2. The number of thioether (sulfide) groups is 1. The van der Waals surface area contributed by atoms with Crippen molar-refractivity contribution < 1.29 is 9.90 Å². The van der Waals surface area contributed by atoms with Gasteiger partial charge in [-0.05, 0) is 36.8 Å². The van der Waals surface area contributed by atoms with Gasteiger partial charge < -0.3 is 5.11 Å². The number of hydrogen-bond donors (Lipinski definition) is 1. The molecular weight excluding hydrogens is 279 g/mol. The summed E-state index contributed by atoms with van der Waals surface area (Å²) in [7, 11) is 0. The van der Waals surface area contributed by atoms with E-state index < -0.39 is 5.97 Å². The first-order chi connectivity index (χ1) is 8.09. The molecule has 0 aliphatic heterocycles. The fraction of sp³-hybridized carbons (Fsp3) is 0.417. The Hall–Kier alpha value is -0.380. The Morgan fingerprint density at radius 2 is 2.00 bits per heavy atom. The molecule has 0 spiro atoms. The minimum absolute atomic E-state index is 0.253. The molecule has 0 atom stereocenters. The average Bonchev–Trinajstić information content (AvgIpc) is 2.27. The molecule has 0 aliphatic rings. The van der Waals surface area contributed by atoms with Crippen LogP contribution in [0.5, 0.6) is 0 Å². The van der Waals surface area contributed by atoms with E-state index in [4.69, 9.17) is 28.3 Å². The second kappa shape index (κ2) is 7.85. The van der Waals surface area contributed by atoms with Crippen LogP contribution in [0.15, 0.2) is 23.1 Å². The van der Waals surface area contributed by atoms with Crippen LogP contribution in [-0.4, -0.2) is 16.8 Å². The molecule has 5 heteroatoms. The largest absolute Gasteiger partial charge is 0.481 e. The lowest BCUT2D eigenvalue weighted by atomic mass is 10.2. The summed E-state index contributed by atoms with van der Waals surface area (Å²) in [6.07, 6.45) is 2.90. The first-order valence-corrected chi connectivity index (χ1v) is 7.13. The average molecular weight is 293 g/mol. The molecular formula is C12H14Cl2O2S. The fourth-order valence-electron chi connectivity index (χ4n) is 1.32. The van der Waals surface area contributed by atoms with Crippen molar-refractivity contribution in [3.05, 3.63) is 28.2 Å². The Bertz CT molecular complexity index is 383. The molecule has 0 radical (unpaired) electrons. The predicted octanol–water partition coefficient (Wildman–Crippen LogP) is 4.73. The van der Waals surface area contributed by atoms with Gasteiger partial charge in [-0.3, -0.25) is 4.79 Å². The topological polar surface area (TPSA) is 37.3 Å². The fourth-order valence-corrected chi connectivity index (χ4v) is 2.83. The highest BCUT2D eigenvalue weighted by molar-refractivity contribution is 7.99. The van der Waals surface area contributed by atoms with E-state index in [9.17, 15) is 4.79 Å². The molecule has 17 heavy (non-hydrogen) atoms. The molecule has 1 N–H and O–H groups in total. The van der Waals surface area contributed by atoms with E-state index >= 15 is 0 Å². The van der Waals surface area contributed by atoms with Gasteiger partial charge >= 0.3 is 5.97 Å². The Kier molecular flexibility index (Phi) is 6.78. The summed E-state index contributed by atoms with van der Waals surface area (Å²) in [5.41, 5.74) is 0. The number of unbranched alkanes of at least 4 members (excludes halogenated alkanes) is 2. The van der Waals surface area contributed by atoms with Crippen LogP contribution in [0.25, 0.3) is 0 Å². The van der Waals surface area contributed by atoms with Crippen molar-refractivity contribution in [3.8, 4) is 0 Å². The number of carboxylic acid groups (broad SMARTS) is 1. The summed E-state index contributed by atoms with van der Waals surface area (Å²) in [5, 5.41) is 9.87. The predicted molar refractivity (Wildman–Crippen MR) is 73.3 cm³/mol. The van der Waals surface area contributed by atoms with Crippen LogP contribution in [0.3, 0.4) is 0 Å². The summed E-state index contributed by atoms with van der Waals surface area (Å²) in [5.74, 6) is 0.204. The van der Waals surface area contributed by atoms with Gasteiger partial charge in [-0.25, -0.2) is 0 Å². The summed E-state index contributed by atoms with van der Waals surface area (Å²) in [6, 6.07) is 5.41. The van der Waals surface area contributed by atoms with Gasteiger partial charge in [0.05, 0.1) is 5.02 Å². The summed E-state index contributed by atoms with van der Waals surface area (Å²) in [6.45, 7) is 0. The first kappa shape index (κ1) is 14.7. The number of benzene rings is 1. The van der Waals surface area contributed by atoms with Crippen molar-refractivity contribution in [1.82, 2.24) is 0 Å². The van der Waals surface area contributed by atoms with E-state index in [2.05, 4.69) is 0 Å². The maximum atomic E-state index is 10.3. The molecule has 0 saturated carbocycles. The van der Waals surface area contributed by atoms with E-state index in [0.29, 0.717) is 10.0 Å². The SMILES string of the molecule is O=C(O)CCCCCSc1cc(Cl)ccc1Cl. The van der Waals surface area contributed by atoms with Crippen LogP contribution >= 0.6 is 35.0 Å². The molecule has 0 heterocycles. The van der Waals surface area contributed by atoms with Crippen LogP contribution in [0.2, 0.25) is 10.0 Å². The van der Waals surface area contributed by atoms with Crippen LogP contribution < -0.4 is 0 Å². The number of carboxylic acids is 1. The van der Waals surface area contributed by atoms with Crippen molar-refractivity contribution in [3.63, 3.8) is 0 Å². The second-order valence-corrected chi connectivity index (χ2v) is 5.61. The Balaban J connectivity index is 2.22. The van der Waals surface area contributed by atoms with Crippen LogP contribution in [-0.2, 0) is 4.79 Å². The summed E-state index contributed by atoms with van der Waals surface area (Å²) in [4.78, 5) is 11.3. The van der Waals surface area contributed by atoms with E-state index in [1.165, 1.54) is 0 Å². The summed E-state index contributed by atoms with van der Waals surface area (Å²) < 4.78 is 0. The number of carbonyl (C=O) groups is 1. The lowest BCUT2D eigenvalue weighted by Crippen LogP contribution is -1.93. The molecule has 0 unspecified atom stereocenters. The van der Waals surface area contributed by atoms with Gasteiger partial charge in [-0.15, -0.1) is 11.8 Å². The molecule has 94 valence electrons. The lowest BCUT2D eigenvalue weighted by Gasteiger charge is -2.04. The van der Waals surface area contributed by atoms with Crippen molar-refractivity contribution in [2.75, 3.05) is 5.75 Å². The number of aliphatic carboxylic acids is 1. The minimum atomic E-state index is -0.726. The van der Waals surface area contributed by atoms with Crippen molar-refractivity contribution >= 4 is 40.9 Å². The van der Waals surface area contributed by atoms with E-state index in [0.717, 1.165) is 29.9 Å². The Labute approximate surface area is 115 Å². The third-order valence-corrected chi connectivity index (χ3v) is 4.00. The van der Waals surface area contributed by atoms with Gasteiger partial charge in [0, 0.05) is 16.3 Å². The zero-order valence-electron chi connectivity index (χ0n) is 9.29. The molecule has 0 amide bonds. The van der Waals surface area contributed by atoms with Crippen molar-refractivity contribution in [1.29, 1.82) is 0 Å². The zero-order valence-corrected chi connectivity index (χ0v) is 11.6. The van der Waals surface area contributed by atoms with Crippen LogP contribution in [0, 0.1) is 0 Å². The van der Waals surface area contributed by atoms with E-state index in [1.807, 2.05) is 6.07 Å². The van der Waals surface area contributed by atoms with Crippen LogP contribution in [0.1, 0.15) is 25.7 Å². The quantitative estimate of drug-likeness (QED) is 0.583. The van der Waals surface area contributed by atoms with Crippen LogP contribution in [0.4, 0.5) is 0 Å². The third-order valence-electron chi connectivity index (χ3n) is 2.19. The Morgan fingerprint density at radius 3 is 2.71 bits per heavy atom. The smallest absolute Gasteiger partial charge is 0.303 e. The monoisotopic (exact) mass is 292 g/mol. The van der Waals surface area contributed by atoms with Gasteiger partial charge in [0.25, 0.3) is 0 Å². The highest BCUT2D eigenvalue weighted by Gasteiger charge is 2.02. The lowest BCUT2D eigenvalue weighted by molar-refractivity contribution is -0.137. The van der Waals surface area contributed by atoms with Gasteiger partial charge in [-0.2, -0.15) is 0 Å². The summed E-state index contributed by atoms with van der Waals surface area (Å²) >= 11 is 13.6. The number of rotatable bonds is 7. The van der Waals surface area contributed by atoms with Gasteiger partial charge in [0.1, 0.15) is 0 Å². The number of halogens is 2. The molecule has 0 bridgehead atoms. The highest BCUT2D eigenvalue weighted by Crippen LogP contribution is 2.30. The standard InChI is InChI=1S/C12H14Cl2O2S/c13-9-5-6-10(14)11(8-9)17-7-3-1-2-4-12(15)16/h5-6,8H,1-4,7H2,(H,15,16). The van der Waals surface area contributed by atoms with Gasteiger partial charge in [-0.1, -0.05) is 29.6 Å². The molecule has 0 aliphatic carbocycles. The maximum Gasteiger partial charge on any atom is 0.303 e. The first-order valence-electron chi connectivity index (χ1n) is 5.39. The molecule has 0 saturated heterocycles. The zero-order chi connectivity index (χ0) is 12.7. The molecule has 1 aromatic rings. The molecule has 1 rings (SSSR count).